The summed E-state index contributed by atoms with van der Waals surface area (Å²) in [6.07, 6.45) is 1.89. The summed E-state index contributed by atoms with van der Waals surface area (Å²) in [6, 6.07) is 1.88. The first-order chi connectivity index (χ1) is 13.8. The number of rotatable bonds is 4. The van der Waals surface area contributed by atoms with Gasteiger partial charge in [-0.15, -0.1) is 0 Å². The van der Waals surface area contributed by atoms with Crippen LogP contribution in [0.25, 0.3) is 5.65 Å². The van der Waals surface area contributed by atoms with Gasteiger partial charge in [0.25, 0.3) is 10.8 Å². The molecule has 2 saturated heterocycles. The number of fused-ring (bicyclic) bond motifs is 1. The topological polar surface area (TPSA) is 108 Å². The fraction of sp³-hybridized carbons (Fsp3) is 0.526. The second-order valence-corrected chi connectivity index (χ2v) is 8.49. The van der Waals surface area contributed by atoms with Crippen molar-refractivity contribution in [2.24, 2.45) is 0 Å². The van der Waals surface area contributed by atoms with E-state index in [1.807, 2.05) is 13.0 Å². The first-order valence-electron chi connectivity index (χ1n) is 9.69. The zero-order valence-corrected chi connectivity index (χ0v) is 17.3. The molecule has 4 heterocycles. The van der Waals surface area contributed by atoms with E-state index in [9.17, 15) is 19.2 Å². The van der Waals surface area contributed by atoms with E-state index in [0.29, 0.717) is 30.0 Å². The number of nitrogens with one attached hydrogen (secondary N) is 1. The molecule has 4 rings (SSSR count). The van der Waals surface area contributed by atoms with Gasteiger partial charge in [0.05, 0.1) is 5.75 Å². The Hall–Kier alpha value is -2.62. The van der Waals surface area contributed by atoms with Crippen molar-refractivity contribution in [2.45, 2.75) is 39.0 Å². The van der Waals surface area contributed by atoms with Gasteiger partial charge in [0.15, 0.2) is 5.65 Å². The number of imide groups is 1. The zero-order chi connectivity index (χ0) is 20.7. The molecular weight excluding hydrogens is 394 g/mol. The SMILES string of the molecule is Cc1nc2cc([C@H]3CCCN(C(=O)CCN4C(=O)CSC4=O)C3)[nH]n2c(=O)c1C. The number of aromatic amines is 1. The van der Waals surface area contributed by atoms with Crippen molar-refractivity contribution in [3.63, 3.8) is 0 Å². The first-order valence-corrected chi connectivity index (χ1v) is 10.7. The van der Waals surface area contributed by atoms with Crippen LogP contribution < -0.4 is 5.56 Å². The molecule has 29 heavy (non-hydrogen) atoms. The van der Waals surface area contributed by atoms with Gasteiger partial charge in [-0.3, -0.25) is 29.2 Å². The maximum Gasteiger partial charge on any atom is 0.288 e. The third-order valence-electron chi connectivity index (χ3n) is 5.71. The smallest absolute Gasteiger partial charge is 0.288 e. The highest BCUT2D eigenvalue weighted by molar-refractivity contribution is 8.14. The van der Waals surface area contributed by atoms with E-state index in [1.54, 1.807) is 11.8 Å². The number of thioether (sulfide) groups is 1. The Kier molecular flexibility index (Phi) is 5.20. The van der Waals surface area contributed by atoms with Gasteiger partial charge in [0.1, 0.15) is 0 Å². The van der Waals surface area contributed by atoms with Gasteiger partial charge in [-0.2, -0.15) is 0 Å². The number of aryl methyl sites for hydroxylation is 1. The summed E-state index contributed by atoms with van der Waals surface area (Å²) >= 11 is 0.978. The molecule has 2 aromatic heterocycles. The van der Waals surface area contributed by atoms with Crippen molar-refractivity contribution in [1.29, 1.82) is 0 Å². The molecule has 0 aliphatic carbocycles. The molecule has 0 aromatic carbocycles. The second kappa shape index (κ2) is 7.66. The van der Waals surface area contributed by atoms with Gasteiger partial charge in [0, 0.05) is 55.0 Å². The number of piperidine rings is 1. The maximum atomic E-state index is 12.7. The fourth-order valence-electron chi connectivity index (χ4n) is 3.87. The predicted octanol–water partition coefficient (Wildman–Crippen LogP) is 1.43. The minimum Gasteiger partial charge on any atom is -0.342 e. The average molecular weight is 417 g/mol. The lowest BCUT2D eigenvalue weighted by atomic mass is 9.94. The third-order valence-corrected chi connectivity index (χ3v) is 6.57. The molecule has 1 atom stereocenters. The number of H-pyrrole nitrogens is 1. The summed E-state index contributed by atoms with van der Waals surface area (Å²) in [4.78, 5) is 55.9. The molecule has 9 nitrogen and oxygen atoms in total. The van der Waals surface area contributed by atoms with Gasteiger partial charge in [0.2, 0.25) is 11.8 Å². The normalized spacial score (nSPS) is 20.1. The molecule has 0 unspecified atom stereocenters. The molecule has 2 aliphatic rings. The molecule has 154 valence electrons. The maximum absolute atomic E-state index is 12.7. The Labute approximate surface area is 171 Å². The van der Waals surface area contributed by atoms with E-state index < -0.39 is 0 Å². The largest absolute Gasteiger partial charge is 0.342 e. The van der Waals surface area contributed by atoms with Crippen LogP contribution in [0.1, 0.15) is 42.1 Å². The first kappa shape index (κ1) is 19.7. The molecule has 10 heteroatoms. The number of hydrogen-bond acceptors (Lipinski definition) is 6. The fourth-order valence-corrected chi connectivity index (χ4v) is 4.62. The summed E-state index contributed by atoms with van der Waals surface area (Å²) in [5.41, 5.74) is 2.68. The van der Waals surface area contributed by atoms with Crippen LogP contribution in [0.2, 0.25) is 0 Å². The Morgan fingerprint density at radius 2 is 2.10 bits per heavy atom. The van der Waals surface area contributed by atoms with Crippen LogP contribution in [-0.4, -0.2) is 66.8 Å². The summed E-state index contributed by atoms with van der Waals surface area (Å²) in [7, 11) is 0. The van der Waals surface area contributed by atoms with Crippen molar-refractivity contribution >= 4 is 34.5 Å². The number of aromatic nitrogens is 3. The molecule has 0 spiro atoms. The number of carbonyl (C=O) groups is 3. The Bertz CT molecular complexity index is 1040. The zero-order valence-electron chi connectivity index (χ0n) is 16.4. The minimum atomic E-state index is -0.277. The van der Waals surface area contributed by atoms with Gasteiger partial charge in [-0.1, -0.05) is 11.8 Å². The van der Waals surface area contributed by atoms with Gasteiger partial charge in [-0.25, -0.2) is 9.50 Å². The highest BCUT2D eigenvalue weighted by Gasteiger charge is 2.31. The van der Waals surface area contributed by atoms with E-state index in [4.69, 9.17) is 0 Å². The van der Waals surface area contributed by atoms with Crippen molar-refractivity contribution < 1.29 is 14.4 Å². The molecule has 1 N–H and O–H groups in total. The van der Waals surface area contributed by atoms with Crippen molar-refractivity contribution in [3.05, 3.63) is 33.4 Å². The summed E-state index contributed by atoms with van der Waals surface area (Å²) in [5, 5.41) is 2.88. The van der Waals surface area contributed by atoms with Crippen LogP contribution >= 0.6 is 11.8 Å². The minimum absolute atomic E-state index is 0.0645. The number of hydrogen-bond donors (Lipinski definition) is 1. The molecule has 0 saturated carbocycles. The van der Waals surface area contributed by atoms with E-state index >= 15 is 0 Å². The monoisotopic (exact) mass is 417 g/mol. The predicted molar refractivity (Wildman–Crippen MR) is 108 cm³/mol. The van der Waals surface area contributed by atoms with Gasteiger partial charge < -0.3 is 4.90 Å². The number of amides is 3. The third kappa shape index (κ3) is 3.68. The average Bonchev–Trinajstić information content (AvgIpc) is 3.28. The molecule has 2 aliphatic heterocycles. The molecule has 3 amide bonds. The van der Waals surface area contributed by atoms with E-state index in [0.717, 1.165) is 35.2 Å². The molecule has 0 radical (unpaired) electrons. The molecule has 0 bridgehead atoms. The van der Waals surface area contributed by atoms with Crippen LogP contribution in [-0.2, 0) is 9.59 Å². The Morgan fingerprint density at radius 1 is 1.31 bits per heavy atom. The van der Waals surface area contributed by atoms with Crippen LogP contribution in [0.3, 0.4) is 0 Å². The number of nitrogens with zero attached hydrogens (tertiary/aromatic N) is 4. The standard InChI is InChI=1S/C19H23N5O4S/c1-11-12(2)20-15-8-14(21-24(15)18(11)27)13-4-3-6-22(9-13)16(25)5-7-23-17(26)10-29-19(23)28/h8,13,21H,3-7,9-10H2,1-2H3/t13-/m0/s1. The van der Waals surface area contributed by atoms with E-state index in [2.05, 4.69) is 10.1 Å². The van der Waals surface area contributed by atoms with E-state index in [-0.39, 0.29) is 47.2 Å². The van der Waals surface area contributed by atoms with Gasteiger partial charge in [-0.05, 0) is 26.7 Å². The Balaban J connectivity index is 1.45. The highest BCUT2D eigenvalue weighted by atomic mass is 32.2. The summed E-state index contributed by atoms with van der Waals surface area (Å²) in [5.74, 6) is -0.0535. The van der Waals surface area contributed by atoms with Gasteiger partial charge >= 0.3 is 0 Å². The lowest BCUT2D eigenvalue weighted by Gasteiger charge is -2.32. The molecule has 2 fully saturated rings. The molecular formula is C19H23N5O4S. The lowest BCUT2D eigenvalue weighted by Crippen LogP contribution is -2.41. The number of carbonyl (C=O) groups excluding carboxylic acids is 3. The lowest BCUT2D eigenvalue weighted by molar-refractivity contribution is -0.133. The van der Waals surface area contributed by atoms with Crippen molar-refractivity contribution in [3.8, 4) is 0 Å². The van der Waals surface area contributed by atoms with Crippen LogP contribution in [0.15, 0.2) is 10.9 Å². The van der Waals surface area contributed by atoms with Crippen LogP contribution in [0.5, 0.6) is 0 Å². The second-order valence-electron chi connectivity index (χ2n) is 7.56. The number of likely N-dealkylation sites (tertiary alicyclic amines) is 1. The summed E-state index contributed by atoms with van der Waals surface area (Å²) in [6.45, 7) is 4.90. The van der Waals surface area contributed by atoms with Crippen molar-refractivity contribution in [2.75, 3.05) is 25.4 Å². The van der Waals surface area contributed by atoms with Crippen LogP contribution in [0.4, 0.5) is 4.79 Å². The quantitative estimate of drug-likeness (QED) is 0.806. The van der Waals surface area contributed by atoms with Crippen LogP contribution in [0, 0.1) is 13.8 Å². The van der Waals surface area contributed by atoms with E-state index in [1.165, 1.54) is 4.52 Å². The van der Waals surface area contributed by atoms with Crippen molar-refractivity contribution in [1.82, 2.24) is 24.4 Å². The molecule has 2 aromatic rings. The summed E-state index contributed by atoms with van der Waals surface area (Å²) < 4.78 is 1.46. The Morgan fingerprint density at radius 3 is 2.83 bits per heavy atom. The highest BCUT2D eigenvalue weighted by Crippen LogP contribution is 2.27.